The highest BCUT2D eigenvalue weighted by Crippen LogP contribution is 2.17. The zero-order valence-electron chi connectivity index (χ0n) is 16.5. The number of nitrogens with zero attached hydrogens (tertiary/aromatic N) is 3. The number of benzene rings is 1. The number of rotatable bonds is 9. The fraction of sp³-hybridized carbons (Fsp3) is 0.350. The molecule has 0 aliphatic heterocycles. The van der Waals surface area contributed by atoms with Gasteiger partial charge in [-0.05, 0) is 38.1 Å². The summed E-state index contributed by atoms with van der Waals surface area (Å²) in [7, 11) is 0. The number of para-hydroxylation sites is 1. The molecule has 0 aliphatic rings. The van der Waals surface area contributed by atoms with Gasteiger partial charge in [0.2, 0.25) is 5.82 Å². The van der Waals surface area contributed by atoms with Crippen LogP contribution in [0, 0.1) is 5.82 Å². The van der Waals surface area contributed by atoms with Crippen LogP contribution in [0.15, 0.2) is 52.1 Å². The molecule has 1 atom stereocenters. The van der Waals surface area contributed by atoms with Crippen LogP contribution in [0.4, 0.5) is 4.39 Å². The fourth-order valence-corrected chi connectivity index (χ4v) is 2.58. The lowest BCUT2D eigenvalue weighted by Crippen LogP contribution is -2.39. The van der Waals surface area contributed by atoms with Crippen molar-refractivity contribution in [2.45, 2.75) is 26.4 Å². The quantitative estimate of drug-likeness (QED) is 0.377. The second-order valence-electron chi connectivity index (χ2n) is 6.34. The normalized spacial score (nSPS) is 12.6. The molecule has 0 saturated carbocycles. The van der Waals surface area contributed by atoms with Crippen molar-refractivity contribution < 1.29 is 13.5 Å². The van der Waals surface area contributed by atoms with Crippen LogP contribution in [0.25, 0.3) is 11.6 Å². The number of aromatic nitrogens is 3. The molecule has 29 heavy (non-hydrogen) atoms. The van der Waals surface area contributed by atoms with E-state index in [1.165, 1.54) is 6.07 Å². The number of aliphatic imine (C=N–C) groups is 1. The maximum absolute atomic E-state index is 13.7. The van der Waals surface area contributed by atoms with E-state index in [9.17, 15) is 4.39 Å². The van der Waals surface area contributed by atoms with Crippen LogP contribution in [-0.4, -0.2) is 46.9 Å². The summed E-state index contributed by atoms with van der Waals surface area (Å²) in [6.07, 6.45) is 1.95. The number of furan rings is 1. The molecule has 3 rings (SSSR count). The van der Waals surface area contributed by atoms with Crippen LogP contribution in [-0.2, 0) is 6.42 Å². The maximum atomic E-state index is 13.7. The van der Waals surface area contributed by atoms with Gasteiger partial charge in [-0.25, -0.2) is 14.4 Å². The fourth-order valence-electron chi connectivity index (χ4n) is 2.58. The van der Waals surface area contributed by atoms with Crippen LogP contribution in [0.1, 0.15) is 19.7 Å². The Balaban J connectivity index is 1.48. The number of halogens is 1. The number of aromatic amines is 1. The van der Waals surface area contributed by atoms with Crippen molar-refractivity contribution in [3.8, 4) is 17.3 Å². The summed E-state index contributed by atoms with van der Waals surface area (Å²) in [4.78, 5) is 8.91. The summed E-state index contributed by atoms with van der Waals surface area (Å²) in [5.41, 5.74) is 0. The van der Waals surface area contributed by atoms with E-state index in [1.807, 2.05) is 19.9 Å². The van der Waals surface area contributed by atoms with E-state index in [4.69, 9.17) is 9.15 Å². The van der Waals surface area contributed by atoms with E-state index in [0.717, 1.165) is 12.4 Å². The Bertz CT molecular complexity index is 909. The van der Waals surface area contributed by atoms with Crippen LogP contribution >= 0.6 is 0 Å². The molecule has 3 aromatic rings. The molecule has 0 fully saturated rings. The number of ether oxygens (including phenoxy) is 1. The van der Waals surface area contributed by atoms with E-state index in [2.05, 4.69) is 30.8 Å². The average molecular weight is 400 g/mol. The summed E-state index contributed by atoms with van der Waals surface area (Å²) >= 11 is 0. The topological polar surface area (TPSA) is 100 Å². The minimum absolute atomic E-state index is 0.228. The van der Waals surface area contributed by atoms with E-state index in [1.54, 1.807) is 30.5 Å². The van der Waals surface area contributed by atoms with Crippen LogP contribution in [0.5, 0.6) is 5.75 Å². The Hall–Kier alpha value is -3.36. The highest BCUT2D eigenvalue weighted by Gasteiger charge is 2.10. The summed E-state index contributed by atoms with van der Waals surface area (Å²) in [6.45, 7) is 5.56. The number of H-pyrrole nitrogens is 1. The smallest absolute Gasteiger partial charge is 0.216 e. The van der Waals surface area contributed by atoms with Crippen LogP contribution in [0.3, 0.4) is 0 Å². The second kappa shape index (κ2) is 10.3. The molecule has 2 aromatic heterocycles. The van der Waals surface area contributed by atoms with Crippen molar-refractivity contribution in [2.24, 2.45) is 4.99 Å². The van der Waals surface area contributed by atoms with Crippen molar-refractivity contribution in [1.29, 1.82) is 0 Å². The number of hydrogen-bond donors (Lipinski definition) is 3. The largest absolute Gasteiger partial charge is 0.486 e. The van der Waals surface area contributed by atoms with Gasteiger partial charge < -0.3 is 19.8 Å². The number of guanidine groups is 1. The summed E-state index contributed by atoms with van der Waals surface area (Å²) in [5.74, 6) is 2.40. The van der Waals surface area contributed by atoms with Gasteiger partial charge in [0.1, 0.15) is 11.9 Å². The Kier molecular flexibility index (Phi) is 7.21. The molecule has 2 heterocycles. The Morgan fingerprint density at radius 1 is 1.28 bits per heavy atom. The third kappa shape index (κ3) is 6.06. The van der Waals surface area contributed by atoms with E-state index >= 15 is 0 Å². The molecular formula is C20H25FN6O2. The third-order valence-electron chi connectivity index (χ3n) is 3.94. The van der Waals surface area contributed by atoms with Crippen LogP contribution in [0.2, 0.25) is 0 Å². The summed E-state index contributed by atoms with van der Waals surface area (Å²) in [6, 6.07) is 9.95. The molecule has 0 spiro atoms. The van der Waals surface area contributed by atoms with Gasteiger partial charge in [-0.1, -0.05) is 12.1 Å². The van der Waals surface area contributed by atoms with Gasteiger partial charge in [0.15, 0.2) is 23.3 Å². The maximum Gasteiger partial charge on any atom is 0.216 e. The highest BCUT2D eigenvalue weighted by molar-refractivity contribution is 5.79. The number of hydrogen-bond acceptors (Lipinski definition) is 5. The zero-order chi connectivity index (χ0) is 20.5. The van der Waals surface area contributed by atoms with Gasteiger partial charge in [-0.3, -0.25) is 5.10 Å². The van der Waals surface area contributed by atoms with Gasteiger partial charge in [0.25, 0.3) is 0 Å². The average Bonchev–Trinajstić information content (AvgIpc) is 3.39. The standard InChI is InChI=1S/C20H25FN6O2/c1-3-22-20(24-13-14(2)29-16-8-5-4-7-15(16)21)23-11-10-18-25-19(27-26-18)17-9-6-12-28-17/h4-9,12,14H,3,10-11,13H2,1-2H3,(H2,22,23,24)(H,25,26,27). The predicted molar refractivity (Wildman–Crippen MR) is 108 cm³/mol. The molecule has 9 heteroatoms. The molecule has 0 radical (unpaired) electrons. The third-order valence-corrected chi connectivity index (χ3v) is 3.94. The summed E-state index contributed by atoms with van der Waals surface area (Å²) < 4.78 is 24.6. The van der Waals surface area contributed by atoms with Gasteiger partial charge in [0, 0.05) is 19.5 Å². The molecule has 0 saturated heterocycles. The van der Waals surface area contributed by atoms with Crippen molar-refractivity contribution in [2.75, 3.05) is 19.6 Å². The van der Waals surface area contributed by atoms with Crippen molar-refractivity contribution in [3.05, 3.63) is 54.3 Å². The summed E-state index contributed by atoms with van der Waals surface area (Å²) in [5, 5.41) is 13.5. The van der Waals surface area contributed by atoms with E-state index in [-0.39, 0.29) is 17.7 Å². The monoisotopic (exact) mass is 400 g/mol. The minimum atomic E-state index is -0.380. The zero-order valence-corrected chi connectivity index (χ0v) is 16.5. The molecule has 154 valence electrons. The van der Waals surface area contributed by atoms with Gasteiger partial charge in [-0.2, -0.15) is 5.10 Å². The molecule has 0 amide bonds. The first-order chi connectivity index (χ1) is 14.2. The first-order valence-corrected chi connectivity index (χ1v) is 9.54. The van der Waals surface area contributed by atoms with Crippen molar-refractivity contribution in [1.82, 2.24) is 25.8 Å². The van der Waals surface area contributed by atoms with E-state index in [0.29, 0.717) is 37.1 Å². The van der Waals surface area contributed by atoms with Gasteiger partial charge >= 0.3 is 0 Å². The SMILES string of the molecule is CCNC(=NCC(C)Oc1ccccc1F)NCCc1nc(-c2ccco2)n[nH]1. The van der Waals surface area contributed by atoms with Crippen molar-refractivity contribution in [3.63, 3.8) is 0 Å². The van der Waals surface area contributed by atoms with Crippen LogP contribution < -0.4 is 15.4 Å². The molecule has 1 aromatic carbocycles. The lowest BCUT2D eigenvalue weighted by atomic mass is 10.3. The lowest BCUT2D eigenvalue weighted by molar-refractivity contribution is 0.220. The van der Waals surface area contributed by atoms with Crippen molar-refractivity contribution >= 4 is 5.96 Å². The molecular weight excluding hydrogens is 375 g/mol. The molecule has 8 nitrogen and oxygen atoms in total. The number of nitrogens with one attached hydrogen (secondary N) is 3. The molecule has 3 N–H and O–H groups in total. The molecule has 1 unspecified atom stereocenters. The van der Waals surface area contributed by atoms with Gasteiger partial charge in [-0.15, -0.1) is 0 Å². The predicted octanol–water partition coefficient (Wildman–Crippen LogP) is 2.77. The molecule has 0 bridgehead atoms. The van der Waals surface area contributed by atoms with E-state index < -0.39 is 0 Å². The Morgan fingerprint density at radius 2 is 2.14 bits per heavy atom. The first kappa shape index (κ1) is 20.4. The Morgan fingerprint density at radius 3 is 2.90 bits per heavy atom. The van der Waals surface area contributed by atoms with Gasteiger partial charge in [0.05, 0.1) is 12.8 Å². The Labute approximate surface area is 168 Å². The lowest BCUT2D eigenvalue weighted by Gasteiger charge is -2.15. The molecule has 0 aliphatic carbocycles. The minimum Gasteiger partial charge on any atom is -0.486 e. The second-order valence-corrected chi connectivity index (χ2v) is 6.34. The first-order valence-electron chi connectivity index (χ1n) is 9.54. The highest BCUT2D eigenvalue weighted by atomic mass is 19.1.